The van der Waals surface area contributed by atoms with E-state index in [-0.39, 0.29) is 12.0 Å². The summed E-state index contributed by atoms with van der Waals surface area (Å²) in [6.45, 7) is 0.465. The Morgan fingerprint density at radius 1 is 1.20 bits per heavy atom. The molecule has 2 aromatic rings. The third kappa shape index (κ3) is 4.53. The van der Waals surface area contributed by atoms with Crippen LogP contribution in [-0.4, -0.2) is 30.9 Å². The molecule has 4 nitrogen and oxygen atoms in total. The zero-order chi connectivity index (χ0) is 17.6. The van der Waals surface area contributed by atoms with Gasteiger partial charge in [-0.15, -0.1) is 0 Å². The molecular formula is C21H28N2O2. The van der Waals surface area contributed by atoms with E-state index >= 15 is 0 Å². The van der Waals surface area contributed by atoms with Gasteiger partial charge < -0.3 is 20.9 Å². The average molecular weight is 340 g/mol. The molecule has 4 heteroatoms. The van der Waals surface area contributed by atoms with Crippen molar-refractivity contribution in [3.63, 3.8) is 0 Å². The highest BCUT2D eigenvalue weighted by Crippen LogP contribution is 2.29. The molecule has 0 aliphatic heterocycles. The minimum Gasteiger partial charge on any atom is -0.497 e. The fourth-order valence-electron chi connectivity index (χ4n) is 3.66. The van der Waals surface area contributed by atoms with Crippen LogP contribution in [0, 0.1) is 5.92 Å². The normalized spacial score (nSPS) is 19.4. The topological polar surface area (TPSA) is 67.5 Å². The first-order valence-electron chi connectivity index (χ1n) is 9.05. The van der Waals surface area contributed by atoms with Gasteiger partial charge in [0.1, 0.15) is 5.75 Å². The minimum absolute atomic E-state index is 0.242. The SMILES string of the molecule is COc1ccc2c(c1)CC(C(N)C(O)CNc1ccccc1)CCC2. The fraction of sp³-hybridized carbons (Fsp3) is 0.429. The van der Waals surface area contributed by atoms with Crippen LogP contribution in [0.2, 0.25) is 0 Å². The molecule has 134 valence electrons. The lowest BCUT2D eigenvalue weighted by Gasteiger charge is -2.27. The maximum absolute atomic E-state index is 10.6. The number of aliphatic hydroxyl groups excluding tert-OH is 1. The summed E-state index contributed by atoms with van der Waals surface area (Å²) in [5.74, 6) is 1.17. The number of hydrogen-bond acceptors (Lipinski definition) is 4. The molecule has 4 N–H and O–H groups in total. The van der Waals surface area contributed by atoms with Gasteiger partial charge in [-0.1, -0.05) is 24.3 Å². The van der Waals surface area contributed by atoms with Gasteiger partial charge in [0.15, 0.2) is 0 Å². The molecule has 2 aromatic carbocycles. The molecule has 3 unspecified atom stereocenters. The van der Waals surface area contributed by atoms with Crippen LogP contribution < -0.4 is 15.8 Å². The van der Waals surface area contributed by atoms with E-state index in [0.29, 0.717) is 6.54 Å². The number of nitrogens with two attached hydrogens (primary N) is 1. The molecule has 1 aliphatic rings. The highest BCUT2D eigenvalue weighted by Gasteiger charge is 2.27. The van der Waals surface area contributed by atoms with Crippen molar-refractivity contribution in [2.45, 2.75) is 37.8 Å². The molecule has 1 aliphatic carbocycles. The van der Waals surface area contributed by atoms with Crippen molar-refractivity contribution in [3.8, 4) is 5.75 Å². The number of nitrogens with one attached hydrogen (secondary N) is 1. The largest absolute Gasteiger partial charge is 0.497 e. The Bertz CT molecular complexity index is 675. The number of aryl methyl sites for hydroxylation is 1. The first-order chi connectivity index (χ1) is 12.2. The predicted octanol–water partition coefficient (Wildman–Crippen LogP) is 2.99. The Kier molecular flexibility index (Phi) is 5.95. The molecule has 0 amide bonds. The summed E-state index contributed by atoms with van der Waals surface area (Å²) in [4.78, 5) is 0. The van der Waals surface area contributed by atoms with Crippen LogP contribution in [0.3, 0.4) is 0 Å². The summed E-state index contributed by atoms with van der Waals surface area (Å²) >= 11 is 0. The number of methoxy groups -OCH3 is 1. The molecule has 0 heterocycles. The highest BCUT2D eigenvalue weighted by molar-refractivity contribution is 5.42. The van der Waals surface area contributed by atoms with Gasteiger partial charge in [0.05, 0.1) is 13.2 Å². The van der Waals surface area contributed by atoms with Crippen molar-refractivity contribution in [3.05, 3.63) is 59.7 Å². The third-order valence-electron chi connectivity index (χ3n) is 5.19. The highest BCUT2D eigenvalue weighted by atomic mass is 16.5. The monoisotopic (exact) mass is 340 g/mol. The Hall–Kier alpha value is -2.04. The van der Waals surface area contributed by atoms with E-state index in [2.05, 4.69) is 17.4 Å². The van der Waals surface area contributed by atoms with E-state index in [4.69, 9.17) is 10.5 Å². The van der Waals surface area contributed by atoms with Gasteiger partial charge in [0, 0.05) is 18.3 Å². The number of rotatable bonds is 6. The van der Waals surface area contributed by atoms with E-state index in [1.165, 1.54) is 11.1 Å². The molecule has 0 spiro atoms. The summed E-state index contributed by atoms with van der Waals surface area (Å²) in [7, 11) is 1.70. The van der Waals surface area contributed by atoms with Gasteiger partial charge in [-0.25, -0.2) is 0 Å². The van der Waals surface area contributed by atoms with Crippen molar-refractivity contribution in [2.75, 3.05) is 19.0 Å². The molecule has 0 radical (unpaired) electrons. The Morgan fingerprint density at radius 2 is 2.00 bits per heavy atom. The second-order valence-corrected chi connectivity index (χ2v) is 6.88. The third-order valence-corrected chi connectivity index (χ3v) is 5.19. The predicted molar refractivity (Wildman–Crippen MR) is 102 cm³/mol. The quantitative estimate of drug-likeness (QED) is 0.707. The molecule has 0 aromatic heterocycles. The van der Waals surface area contributed by atoms with Crippen LogP contribution in [-0.2, 0) is 12.8 Å². The molecular weight excluding hydrogens is 312 g/mol. The second kappa shape index (κ2) is 8.37. The van der Waals surface area contributed by atoms with Gasteiger partial charge in [-0.2, -0.15) is 0 Å². The maximum Gasteiger partial charge on any atom is 0.119 e. The number of para-hydroxylation sites is 1. The number of anilines is 1. The van der Waals surface area contributed by atoms with Crippen LogP contribution in [0.25, 0.3) is 0 Å². The number of ether oxygens (including phenoxy) is 1. The summed E-state index contributed by atoms with van der Waals surface area (Å²) in [6.07, 6.45) is 3.55. The number of benzene rings is 2. The summed E-state index contributed by atoms with van der Waals surface area (Å²) in [6, 6.07) is 16.0. The van der Waals surface area contributed by atoms with E-state index < -0.39 is 6.10 Å². The Balaban J connectivity index is 1.63. The minimum atomic E-state index is -0.572. The number of hydrogen-bond donors (Lipinski definition) is 3. The van der Waals surface area contributed by atoms with Gasteiger partial charge in [0.25, 0.3) is 0 Å². The Labute approximate surface area is 150 Å². The molecule has 3 atom stereocenters. The van der Waals surface area contributed by atoms with Crippen LogP contribution in [0.15, 0.2) is 48.5 Å². The van der Waals surface area contributed by atoms with E-state index in [1.807, 2.05) is 36.4 Å². The average Bonchev–Trinajstić information content (AvgIpc) is 2.87. The van der Waals surface area contributed by atoms with E-state index in [0.717, 1.165) is 37.1 Å². The van der Waals surface area contributed by atoms with Gasteiger partial charge in [-0.05, 0) is 67.0 Å². The fourth-order valence-corrected chi connectivity index (χ4v) is 3.66. The first kappa shape index (κ1) is 17.8. The van der Waals surface area contributed by atoms with E-state index in [1.54, 1.807) is 7.11 Å². The molecule has 3 rings (SSSR count). The molecule has 0 saturated carbocycles. The number of fused-ring (bicyclic) bond motifs is 1. The lowest BCUT2D eigenvalue weighted by molar-refractivity contribution is 0.124. The smallest absolute Gasteiger partial charge is 0.119 e. The molecule has 0 fully saturated rings. The van der Waals surface area contributed by atoms with Crippen molar-refractivity contribution in [1.29, 1.82) is 0 Å². The lowest BCUT2D eigenvalue weighted by Crippen LogP contribution is -2.45. The van der Waals surface area contributed by atoms with Crippen molar-refractivity contribution in [2.24, 2.45) is 11.7 Å². The summed E-state index contributed by atoms with van der Waals surface area (Å²) < 4.78 is 5.36. The maximum atomic E-state index is 10.6. The lowest BCUT2D eigenvalue weighted by atomic mass is 9.87. The molecule has 0 saturated heterocycles. The standard InChI is InChI=1S/C21H28N2O2/c1-25-19-11-10-15-6-5-7-16(12-17(15)13-19)21(22)20(24)14-23-18-8-3-2-4-9-18/h2-4,8-11,13,16,20-21,23-24H,5-7,12,14,22H2,1H3. The van der Waals surface area contributed by atoms with Crippen molar-refractivity contribution < 1.29 is 9.84 Å². The van der Waals surface area contributed by atoms with E-state index in [9.17, 15) is 5.11 Å². The zero-order valence-corrected chi connectivity index (χ0v) is 14.8. The van der Waals surface area contributed by atoms with Crippen LogP contribution >= 0.6 is 0 Å². The van der Waals surface area contributed by atoms with Crippen LogP contribution in [0.1, 0.15) is 24.0 Å². The second-order valence-electron chi connectivity index (χ2n) is 6.88. The summed E-state index contributed by atoms with van der Waals surface area (Å²) in [5, 5.41) is 13.8. The van der Waals surface area contributed by atoms with Gasteiger partial charge in [0.2, 0.25) is 0 Å². The first-order valence-corrected chi connectivity index (χ1v) is 9.05. The van der Waals surface area contributed by atoms with Gasteiger partial charge in [-0.3, -0.25) is 0 Å². The molecule has 25 heavy (non-hydrogen) atoms. The molecule has 0 bridgehead atoms. The van der Waals surface area contributed by atoms with Crippen molar-refractivity contribution >= 4 is 5.69 Å². The van der Waals surface area contributed by atoms with Crippen molar-refractivity contribution in [1.82, 2.24) is 0 Å². The van der Waals surface area contributed by atoms with Crippen LogP contribution in [0.5, 0.6) is 5.75 Å². The Morgan fingerprint density at radius 3 is 2.76 bits per heavy atom. The zero-order valence-electron chi connectivity index (χ0n) is 14.8. The number of aliphatic hydroxyl groups is 1. The van der Waals surface area contributed by atoms with Crippen LogP contribution in [0.4, 0.5) is 5.69 Å². The summed E-state index contributed by atoms with van der Waals surface area (Å²) in [5.41, 5.74) is 10.1. The van der Waals surface area contributed by atoms with Gasteiger partial charge >= 0.3 is 0 Å².